The molecule has 0 radical (unpaired) electrons. The third-order valence-electron chi connectivity index (χ3n) is 3.40. The molecule has 0 aliphatic heterocycles. The summed E-state index contributed by atoms with van der Waals surface area (Å²) in [7, 11) is 1.64. The lowest BCUT2D eigenvalue weighted by Crippen LogP contribution is -2.18. The molecule has 0 fully saturated rings. The van der Waals surface area contributed by atoms with Crippen molar-refractivity contribution in [2.45, 2.75) is 19.4 Å². The second-order valence-electron chi connectivity index (χ2n) is 5.31. The number of methoxy groups -OCH3 is 1. The molecule has 0 aliphatic carbocycles. The number of aryl methyl sites for hydroxylation is 1. The first-order valence-electron chi connectivity index (χ1n) is 7.14. The van der Waals surface area contributed by atoms with Crippen LogP contribution in [0.1, 0.15) is 23.6 Å². The molecule has 0 aromatic heterocycles. The zero-order valence-electron chi connectivity index (χ0n) is 13.1. The fourth-order valence-corrected chi connectivity index (χ4v) is 1.99. The summed E-state index contributed by atoms with van der Waals surface area (Å²) >= 11 is 0. The Morgan fingerprint density at radius 1 is 1.05 bits per heavy atom. The first kappa shape index (κ1) is 15.9. The van der Waals surface area contributed by atoms with Gasteiger partial charge < -0.3 is 9.84 Å². The molecule has 2 rings (SSSR count). The molecule has 1 N–H and O–H groups in total. The van der Waals surface area contributed by atoms with Gasteiger partial charge in [-0.2, -0.15) is 0 Å². The lowest BCUT2D eigenvalue weighted by atomic mass is 9.96. The van der Waals surface area contributed by atoms with E-state index in [1.165, 1.54) is 0 Å². The van der Waals surface area contributed by atoms with Crippen LogP contribution >= 0.6 is 0 Å². The van der Waals surface area contributed by atoms with Gasteiger partial charge in [0.25, 0.3) is 0 Å². The van der Waals surface area contributed by atoms with Crippen LogP contribution in [-0.2, 0) is 5.60 Å². The standard InChI is InChI=1S/C20H20O2/c1-16-7-11-18(12-8-16)20(2,21)15-5-4-6-17-9-13-19(22-3)14-10-17/h4,6-14,21H,1-3H3/b6-4-/t20-/m0/s1. The first-order valence-corrected chi connectivity index (χ1v) is 7.14. The maximum atomic E-state index is 10.4. The smallest absolute Gasteiger partial charge is 0.148 e. The summed E-state index contributed by atoms with van der Waals surface area (Å²) in [6, 6.07) is 15.4. The van der Waals surface area contributed by atoms with Crippen LogP contribution in [0.5, 0.6) is 5.75 Å². The molecule has 112 valence electrons. The number of ether oxygens (including phenoxy) is 1. The second-order valence-corrected chi connectivity index (χ2v) is 5.31. The van der Waals surface area contributed by atoms with Gasteiger partial charge in [-0.1, -0.05) is 53.8 Å². The highest BCUT2D eigenvalue weighted by Gasteiger charge is 2.19. The maximum Gasteiger partial charge on any atom is 0.148 e. The van der Waals surface area contributed by atoms with E-state index in [9.17, 15) is 5.11 Å². The Kier molecular flexibility index (Phi) is 5.04. The van der Waals surface area contributed by atoms with Gasteiger partial charge in [-0.25, -0.2) is 0 Å². The van der Waals surface area contributed by atoms with E-state index in [4.69, 9.17) is 4.74 Å². The van der Waals surface area contributed by atoms with Crippen molar-refractivity contribution in [1.82, 2.24) is 0 Å². The fraction of sp³-hybridized carbons (Fsp3) is 0.200. The summed E-state index contributed by atoms with van der Waals surface area (Å²) in [5.74, 6) is 6.61. The zero-order valence-corrected chi connectivity index (χ0v) is 13.1. The third kappa shape index (κ3) is 4.25. The zero-order chi connectivity index (χ0) is 16.0. The summed E-state index contributed by atoms with van der Waals surface area (Å²) in [5, 5.41) is 10.4. The Bertz CT molecular complexity index is 696. The molecule has 1 atom stereocenters. The van der Waals surface area contributed by atoms with Gasteiger partial charge in [0.15, 0.2) is 0 Å². The van der Waals surface area contributed by atoms with E-state index in [-0.39, 0.29) is 0 Å². The van der Waals surface area contributed by atoms with Gasteiger partial charge in [-0.3, -0.25) is 0 Å². The highest BCUT2D eigenvalue weighted by atomic mass is 16.5. The predicted molar refractivity (Wildman–Crippen MR) is 90.6 cm³/mol. The van der Waals surface area contributed by atoms with Gasteiger partial charge in [0, 0.05) is 0 Å². The minimum absolute atomic E-state index is 0.795. The Hall–Kier alpha value is -2.50. The molecule has 2 aromatic carbocycles. The number of benzene rings is 2. The summed E-state index contributed by atoms with van der Waals surface area (Å²) in [6.45, 7) is 3.72. The van der Waals surface area contributed by atoms with Crippen molar-refractivity contribution in [3.05, 3.63) is 71.3 Å². The van der Waals surface area contributed by atoms with E-state index in [1.54, 1.807) is 20.1 Å². The van der Waals surface area contributed by atoms with Crippen molar-refractivity contribution in [2.24, 2.45) is 0 Å². The van der Waals surface area contributed by atoms with Crippen LogP contribution in [0.2, 0.25) is 0 Å². The van der Waals surface area contributed by atoms with E-state index < -0.39 is 5.60 Å². The van der Waals surface area contributed by atoms with E-state index in [1.807, 2.05) is 61.5 Å². The van der Waals surface area contributed by atoms with Crippen LogP contribution in [0.15, 0.2) is 54.6 Å². The van der Waals surface area contributed by atoms with Gasteiger partial charge >= 0.3 is 0 Å². The monoisotopic (exact) mass is 292 g/mol. The third-order valence-corrected chi connectivity index (χ3v) is 3.40. The van der Waals surface area contributed by atoms with Crippen LogP contribution < -0.4 is 4.74 Å². The summed E-state index contributed by atoms with van der Waals surface area (Å²) in [5.41, 5.74) is 1.83. The molecule has 2 nitrogen and oxygen atoms in total. The lowest BCUT2D eigenvalue weighted by Gasteiger charge is -2.16. The Balaban J connectivity index is 2.08. The normalized spacial score (nSPS) is 13.3. The number of hydrogen-bond acceptors (Lipinski definition) is 2. The Morgan fingerprint density at radius 2 is 1.68 bits per heavy atom. The highest BCUT2D eigenvalue weighted by Crippen LogP contribution is 2.19. The maximum absolute atomic E-state index is 10.4. The van der Waals surface area contributed by atoms with Gasteiger partial charge in [0.05, 0.1) is 7.11 Å². The molecular formula is C20H20O2. The molecule has 0 saturated heterocycles. The number of hydrogen-bond donors (Lipinski definition) is 1. The van der Waals surface area contributed by atoms with Crippen LogP contribution in [-0.4, -0.2) is 12.2 Å². The van der Waals surface area contributed by atoms with E-state index in [0.717, 1.165) is 22.4 Å². The van der Waals surface area contributed by atoms with Gasteiger partial charge in [0.1, 0.15) is 11.4 Å². The van der Waals surface area contributed by atoms with Crippen molar-refractivity contribution < 1.29 is 9.84 Å². The molecule has 0 unspecified atom stereocenters. The van der Waals surface area contributed by atoms with Gasteiger partial charge in [-0.15, -0.1) is 0 Å². The molecule has 0 aliphatic rings. The Morgan fingerprint density at radius 3 is 2.27 bits per heavy atom. The highest BCUT2D eigenvalue weighted by molar-refractivity contribution is 5.54. The number of aliphatic hydroxyl groups is 1. The van der Waals surface area contributed by atoms with Crippen molar-refractivity contribution in [2.75, 3.05) is 7.11 Å². The van der Waals surface area contributed by atoms with Crippen molar-refractivity contribution >= 4 is 6.08 Å². The Labute approximate surface area is 132 Å². The van der Waals surface area contributed by atoms with E-state index in [0.29, 0.717) is 0 Å². The van der Waals surface area contributed by atoms with Gasteiger partial charge in [0.2, 0.25) is 0 Å². The summed E-state index contributed by atoms with van der Waals surface area (Å²) < 4.78 is 5.11. The van der Waals surface area contributed by atoms with Crippen LogP contribution in [0.25, 0.3) is 6.08 Å². The molecule has 0 bridgehead atoms. The molecule has 0 saturated carbocycles. The summed E-state index contributed by atoms with van der Waals surface area (Å²) in [4.78, 5) is 0. The minimum atomic E-state index is -1.15. The summed E-state index contributed by atoms with van der Waals surface area (Å²) in [6.07, 6.45) is 3.64. The van der Waals surface area contributed by atoms with Crippen molar-refractivity contribution in [3.63, 3.8) is 0 Å². The van der Waals surface area contributed by atoms with Crippen LogP contribution in [0.3, 0.4) is 0 Å². The predicted octanol–water partition coefficient (Wildman–Crippen LogP) is 3.93. The van der Waals surface area contributed by atoms with Crippen LogP contribution in [0, 0.1) is 18.8 Å². The molecule has 2 heteroatoms. The first-order chi connectivity index (χ1) is 10.5. The van der Waals surface area contributed by atoms with E-state index >= 15 is 0 Å². The molecule has 0 heterocycles. The minimum Gasteiger partial charge on any atom is -0.497 e. The average Bonchev–Trinajstić information content (AvgIpc) is 2.52. The molecule has 2 aromatic rings. The molecule has 22 heavy (non-hydrogen) atoms. The average molecular weight is 292 g/mol. The topological polar surface area (TPSA) is 29.5 Å². The van der Waals surface area contributed by atoms with Crippen molar-refractivity contribution in [1.29, 1.82) is 0 Å². The quantitative estimate of drug-likeness (QED) is 0.869. The lowest BCUT2D eigenvalue weighted by molar-refractivity contribution is 0.122. The van der Waals surface area contributed by atoms with E-state index in [2.05, 4.69) is 11.8 Å². The van der Waals surface area contributed by atoms with Crippen LogP contribution in [0.4, 0.5) is 0 Å². The molecular weight excluding hydrogens is 272 g/mol. The number of rotatable bonds is 3. The number of allylic oxidation sites excluding steroid dienone is 1. The molecule has 0 amide bonds. The SMILES string of the molecule is COc1ccc(/C=C\C#C[C@](C)(O)c2ccc(C)cc2)cc1. The second kappa shape index (κ2) is 6.98. The van der Waals surface area contributed by atoms with Crippen molar-refractivity contribution in [3.8, 4) is 17.6 Å². The largest absolute Gasteiger partial charge is 0.497 e. The van der Waals surface area contributed by atoms with Gasteiger partial charge in [-0.05, 0) is 49.3 Å². The molecule has 0 spiro atoms. The fourth-order valence-electron chi connectivity index (χ4n) is 1.99.